The summed E-state index contributed by atoms with van der Waals surface area (Å²) in [6.07, 6.45) is 17.7. The van der Waals surface area contributed by atoms with Gasteiger partial charge in [-0.2, -0.15) is 0 Å². The highest BCUT2D eigenvalue weighted by Crippen LogP contribution is 2.36. The van der Waals surface area contributed by atoms with Crippen molar-refractivity contribution in [2.75, 3.05) is 23.1 Å². The standard InChI is InChI=1S/C22H25FN4OS.C21H23FN4OS/c1-27-21(16-12-13-24-19(14-16)25-18-6-4-3-5-7-18)20(26-22(27)29(2)28)15-8-10-17(23)11-9-15;1-26-20(15-11-12-23-18(13-15)24-17-5-3-4-6-17)19(25-21(26)28(2)27)14-7-9-16(22)10-8-14/h8-14,18H,3-7H2,1-2H3,(H,24,25);7-13,17H,3-6H2,1-2H3,(H,23,24). The Balaban J connectivity index is 0.000000174. The molecule has 2 aliphatic rings. The predicted octanol–water partition coefficient (Wildman–Crippen LogP) is 9.15. The van der Waals surface area contributed by atoms with Crippen molar-refractivity contribution in [1.29, 1.82) is 0 Å². The van der Waals surface area contributed by atoms with Gasteiger partial charge in [0.1, 0.15) is 23.3 Å². The monoisotopic (exact) mass is 810 g/mol. The summed E-state index contributed by atoms with van der Waals surface area (Å²) in [7, 11) is 1.23. The maximum absolute atomic E-state index is 13.4. The zero-order valence-corrected chi connectivity index (χ0v) is 34.3. The van der Waals surface area contributed by atoms with E-state index in [1.54, 1.807) is 49.2 Å². The smallest absolute Gasteiger partial charge is 0.199 e. The molecule has 14 heteroatoms. The average molecular weight is 811 g/mol. The molecule has 0 spiro atoms. The third kappa shape index (κ3) is 9.39. The zero-order chi connectivity index (χ0) is 40.1. The molecule has 2 atom stereocenters. The lowest BCUT2D eigenvalue weighted by Gasteiger charge is -2.23. The summed E-state index contributed by atoms with van der Waals surface area (Å²) in [5, 5.41) is 8.04. The molecule has 2 saturated carbocycles. The largest absolute Gasteiger partial charge is 0.367 e. The van der Waals surface area contributed by atoms with Crippen molar-refractivity contribution >= 4 is 33.2 Å². The van der Waals surface area contributed by atoms with Crippen LogP contribution in [-0.4, -0.2) is 62.1 Å². The van der Waals surface area contributed by atoms with E-state index in [1.165, 1.54) is 56.4 Å². The zero-order valence-electron chi connectivity index (χ0n) is 32.7. The second kappa shape index (κ2) is 18.0. The Kier molecular flexibility index (Phi) is 12.7. The lowest BCUT2D eigenvalue weighted by Crippen LogP contribution is -2.22. The number of hydrogen-bond donors (Lipinski definition) is 2. The molecule has 57 heavy (non-hydrogen) atoms. The molecule has 2 N–H and O–H groups in total. The van der Waals surface area contributed by atoms with E-state index in [4.69, 9.17) is 0 Å². The van der Waals surface area contributed by atoms with Gasteiger partial charge in [-0.25, -0.2) is 28.7 Å². The second-order valence-corrected chi connectivity index (χ2v) is 17.2. The molecule has 2 aromatic carbocycles. The first-order valence-electron chi connectivity index (χ1n) is 19.3. The fourth-order valence-corrected chi connectivity index (χ4v) is 9.19. The number of rotatable bonds is 10. The third-order valence-corrected chi connectivity index (χ3v) is 12.3. The van der Waals surface area contributed by atoms with Crippen LogP contribution < -0.4 is 10.6 Å². The Hall–Kier alpha value is -5.08. The van der Waals surface area contributed by atoms with Crippen molar-refractivity contribution in [2.45, 2.75) is 80.2 Å². The molecule has 0 bridgehead atoms. The number of anilines is 2. The molecule has 298 valence electrons. The Morgan fingerprint density at radius 2 is 0.930 bits per heavy atom. The first-order chi connectivity index (χ1) is 27.5. The quantitative estimate of drug-likeness (QED) is 0.141. The predicted molar refractivity (Wildman–Crippen MR) is 225 cm³/mol. The van der Waals surface area contributed by atoms with Crippen molar-refractivity contribution < 1.29 is 17.2 Å². The average Bonchev–Trinajstić information content (AvgIpc) is 3.94. The minimum Gasteiger partial charge on any atom is -0.367 e. The topological polar surface area (TPSA) is 120 Å². The molecular weight excluding hydrogens is 763 g/mol. The van der Waals surface area contributed by atoms with Gasteiger partial charge in [0.15, 0.2) is 10.3 Å². The summed E-state index contributed by atoms with van der Waals surface area (Å²) in [5.74, 6) is 1.07. The Morgan fingerprint density at radius 1 is 0.561 bits per heavy atom. The maximum atomic E-state index is 13.4. The van der Waals surface area contributed by atoms with Crippen LogP contribution in [0.1, 0.15) is 57.8 Å². The second-order valence-electron chi connectivity index (χ2n) is 14.7. The number of nitrogens with zero attached hydrogens (tertiary/aromatic N) is 6. The van der Waals surface area contributed by atoms with Crippen LogP contribution in [0.3, 0.4) is 0 Å². The summed E-state index contributed by atoms with van der Waals surface area (Å²) >= 11 is 0. The fraction of sp³-hybridized carbons (Fsp3) is 0.349. The lowest BCUT2D eigenvalue weighted by atomic mass is 9.95. The van der Waals surface area contributed by atoms with Crippen molar-refractivity contribution in [1.82, 2.24) is 29.1 Å². The molecule has 0 aliphatic heterocycles. The number of hydrogen-bond acceptors (Lipinski definition) is 8. The van der Waals surface area contributed by atoms with Gasteiger partial charge in [0.05, 0.1) is 44.4 Å². The van der Waals surface area contributed by atoms with Gasteiger partial charge in [0.2, 0.25) is 0 Å². The van der Waals surface area contributed by atoms with Gasteiger partial charge in [-0.05, 0) is 98.5 Å². The molecular formula is C43H48F2N8O2S2. The molecule has 0 saturated heterocycles. The van der Waals surface area contributed by atoms with Crippen LogP contribution in [0, 0.1) is 11.6 Å². The number of aromatic nitrogens is 6. The van der Waals surface area contributed by atoms with E-state index in [1.807, 2.05) is 47.5 Å². The molecule has 2 unspecified atom stereocenters. The van der Waals surface area contributed by atoms with Crippen molar-refractivity contribution in [3.63, 3.8) is 0 Å². The van der Waals surface area contributed by atoms with Gasteiger partial charge in [0, 0.05) is 73.3 Å². The summed E-state index contributed by atoms with van der Waals surface area (Å²) in [4.78, 5) is 18.2. The lowest BCUT2D eigenvalue weighted by molar-refractivity contribution is 0.462. The highest BCUT2D eigenvalue weighted by atomic mass is 32.2. The number of nitrogens with one attached hydrogen (secondary N) is 2. The van der Waals surface area contributed by atoms with E-state index < -0.39 is 21.6 Å². The first kappa shape index (κ1) is 40.1. The molecule has 10 nitrogen and oxygen atoms in total. The fourth-order valence-electron chi connectivity index (χ4n) is 7.80. The van der Waals surface area contributed by atoms with Gasteiger partial charge >= 0.3 is 0 Å². The van der Waals surface area contributed by atoms with E-state index in [0.29, 0.717) is 33.8 Å². The summed E-state index contributed by atoms with van der Waals surface area (Å²) in [6, 6.07) is 21.2. The molecule has 2 fully saturated rings. The summed E-state index contributed by atoms with van der Waals surface area (Å²) < 4.78 is 54.9. The number of benzene rings is 2. The van der Waals surface area contributed by atoms with Gasteiger partial charge in [0.25, 0.3) is 0 Å². The molecule has 0 amide bonds. The summed E-state index contributed by atoms with van der Waals surface area (Å²) in [5.41, 5.74) is 6.49. The molecule has 8 rings (SSSR count). The minimum absolute atomic E-state index is 0.298. The van der Waals surface area contributed by atoms with Gasteiger partial charge in [-0.1, -0.05) is 32.1 Å². The van der Waals surface area contributed by atoms with Crippen LogP contribution in [0.4, 0.5) is 20.4 Å². The van der Waals surface area contributed by atoms with Crippen LogP contribution in [0.5, 0.6) is 0 Å². The van der Waals surface area contributed by atoms with Crippen molar-refractivity contribution in [3.05, 3.63) is 96.8 Å². The van der Waals surface area contributed by atoms with Crippen molar-refractivity contribution in [3.8, 4) is 45.0 Å². The molecule has 4 aromatic heterocycles. The van der Waals surface area contributed by atoms with Gasteiger partial charge < -0.3 is 19.8 Å². The maximum Gasteiger partial charge on any atom is 0.199 e. The van der Waals surface area contributed by atoms with E-state index in [9.17, 15) is 17.2 Å². The van der Waals surface area contributed by atoms with Gasteiger partial charge in [-0.3, -0.25) is 8.42 Å². The molecule has 6 aromatic rings. The minimum atomic E-state index is -1.25. The Bertz CT molecular complexity index is 2370. The van der Waals surface area contributed by atoms with E-state index in [-0.39, 0.29) is 11.6 Å². The van der Waals surface area contributed by atoms with Crippen LogP contribution in [0.25, 0.3) is 45.0 Å². The van der Waals surface area contributed by atoms with Crippen LogP contribution in [0.2, 0.25) is 0 Å². The Morgan fingerprint density at radius 3 is 1.30 bits per heavy atom. The van der Waals surface area contributed by atoms with E-state index >= 15 is 0 Å². The first-order valence-corrected chi connectivity index (χ1v) is 22.5. The highest BCUT2D eigenvalue weighted by Gasteiger charge is 2.23. The summed E-state index contributed by atoms with van der Waals surface area (Å²) in [6.45, 7) is 0. The normalized spacial score (nSPS) is 15.8. The van der Waals surface area contributed by atoms with Gasteiger partial charge in [-0.15, -0.1) is 0 Å². The van der Waals surface area contributed by atoms with Crippen molar-refractivity contribution in [2.24, 2.45) is 14.1 Å². The van der Waals surface area contributed by atoms with Crippen LogP contribution in [0.15, 0.2) is 95.5 Å². The van der Waals surface area contributed by atoms with Crippen LogP contribution in [-0.2, 0) is 35.7 Å². The van der Waals surface area contributed by atoms with E-state index in [0.717, 1.165) is 71.0 Å². The van der Waals surface area contributed by atoms with E-state index in [2.05, 4.69) is 30.6 Å². The number of imidazole rings is 2. The number of pyridine rings is 2. The molecule has 4 heterocycles. The third-order valence-electron chi connectivity index (χ3n) is 10.6. The van der Waals surface area contributed by atoms with Crippen LogP contribution >= 0.6 is 0 Å². The molecule has 2 aliphatic carbocycles. The highest BCUT2D eigenvalue weighted by molar-refractivity contribution is 7.84. The number of halogens is 2. The molecule has 0 radical (unpaired) electrons. The Labute approximate surface area is 337 Å². The SMILES string of the molecule is Cn1c(S(C)=O)nc(-c2ccc(F)cc2)c1-c1ccnc(NC2CCCC2)c1.Cn1c(S(C)=O)nc(-c2ccc(F)cc2)c1-c1ccnc(NC2CCCCC2)c1.